The Hall–Kier alpha value is -0.880. The third-order valence-corrected chi connectivity index (χ3v) is 4.46. The fourth-order valence-corrected chi connectivity index (χ4v) is 3.19. The highest BCUT2D eigenvalue weighted by molar-refractivity contribution is 7.80. The van der Waals surface area contributed by atoms with Gasteiger partial charge in [-0.1, -0.05) is 0 Å². The van der Waals surface area contributed by atoms with E-state index in [0.29, 0.717) is 18.4 Å². The minimum absolute atomic E-state index is 0.205. The number of fused-ring (bicyclic) bond motifs is 1. The molecule has 2 aliphatic heterocycles. The van der Waals surface area contributed by atoms with Gasteiger partial charge in [-0.15, -0.1) is 0 Å². The van der Waals surface area contributed by atoms with Gasteiger partial charge in [-0.05, 0) is 44.3 Å². The number of carbonyl (C=O) groups excluding carboxylic acids is 1. The Morgan fingerprint density at radius 2 is 2.40 bits per heavy atom. The first-order valence-corrected chi connectivity index (χ1v) is 8.01. The van der Waals surface area contributed by atoms with Crippen LogP contribution in [0.4, 0.5) is 0 Å². The van der Waals surface area contributed by atoms with Crippen molar-refractivity contribution < 1.29 is 9.53 Å². The highest BCUT2D eigenvalue weighted by Gasteiger charge is 2.34. The van der Waals surface area contributed by atoms with Crippen LogP contribution in [0.3, 0.4) is 0 Å². The summed E-state index contributed by atoms with van der Waals surface area (Å²) in [5.74, 6) is 0.751. The zero-order chi connectivity index (χ0) is 14.4. The Morgan fingerprint density at radius 3 is 3.20 bits per heavy atom. The quantitative estimate of drug-likeness (QED) is 0.583. The molecule has 114 valence electrons. The molecule has 2 rings (SSSR count). The summed E-state index contributed by atoms with van der Waals surface area (Å²) in [4.78, 5) is 13.6. The van der Waals surface area contributed by atoms with Gasteiger partial charge in [0.15, 0.2) is 5.11 Å². The maximum Gasteiger partial charge on any atom is 0.220 e. The molecule has 2 saturated heterocycles. The molecule has 0 spiro atoms. The lowest BCUT2D eigenvalue weighted by Crippen LogP contribution is -2.56. The van der Waals surface area contributed by atoms with Gasteiger partial charge in [-0.2, -0.15) is 0 Å². The molecule has 20 heavy (non-hydrogen) atoms. The van der Waals surface area contributed by atoms with E-state index in [4.69, 9.17) is 17.0 Å². The summed E-state index contributed by atoms with van der Waals surface area (Å²) in [6.45, 7) is 6.31. The minimum Gasteiger partial charge on any atom is -0.382 e. The zero-order valence-corrected chi connectivity index (χ0v) is 13.0. The first kappa shape index (κ1) is 15.5. The molecule has 2 unspecified atom stereocenters. The number of piperidine rings is 2. The highest BCUT2D eigenvalue weighted by atomic mass is 32.1. The second-order valence-electron chi connectivity index (χ2n) is 5.49. The molecule has 2 N–H and O–H groups in total. The Labute approximate surface area is 126 Å². The standard InChI is InChI=1S/C14H25N3O2S/c1-2-19-9-3-7-15-14(20)17-8-6-12-11(10-17)4-5-13(18)16-12/h11-12H,2-10H2,1H3,(H,15,20)(H,16,18). The third kappa shape index (κ3) is 4.31. The van der Waals surface area contributed by atoms with Crippen LogP contribution in [0.5, 0.6) is 0 Å². The Kier molecular flexibility index (Phi) is 6.04. The van der Waals surface area contributed by atoms with Crippen molar-refractivity contribution in [2.24, 2.45) is 5.92 Å². The van der Waals surface area contributed by atoms with E-state index in [0.717, 1.165) is 57.2 Å². The molecule has 0 radical (unpaired) electrons. The van der Waals surface area contributed by atoms with E-state index in [1.807, 2.05) is 6.92 Å². The monoisotopic (exact) mass is 299 g/mol. The normalized spacial score (nSPS) is 25.9. The van der Waals surface area contributed by atoms with Crippen molar-refractivity contribution in [3.63, 3.8) is 0 Å². The number of thiocarbonyl (C=S) groups is 1. The first-order valence-electron chi connectivity index (χ1n) is 7.60. The summed E-state index contributed by atoms with van der Waals surface area (Å²) in [5.41, 5.74) is 0. The number of ether oxygens (including phenoxy) is 1. The molecule has 0 saturated carbocycles. The van der Waals surface area contributed by atoms with Gasteiger partial charge in [0.25, 0.3) is 0 Å². The van der Waals surface area contributed by atoms with Crippen molar-refractivity contribution in [3.05, 3.63) is 0 Å². The number of nitrogens with zero attached hydrogens (tertiary/aromatic N) is 1. The molecule has 0 aromatic carbocycles. The zero-order valence-electron chi connectivity index (χ0n) is 12.2. The second kappa shape index (κ2) is 7.78. The van der Waals surface area contributed by atoms with Crippen LogP contribution < -0.4 is 10.6 Å². The van der Waals surface area contributed by atoms with Crippen LogP contribution in [0.25, 0.3) is 0 Å². The number of amides is 1. The van der Waals surface area contributed by atoms with E-state index < -0.39 is 0 Å². The molecule has 2 heterocycles. The molecule has 0 aromatic rings. The van der Waals surface area contributed by atoms with Gasteiger partial charge in [0.1, 0.15) is 0 Å². The van der Waals surface area contributed by atoms with Crippen LogP contribution in [0.1, 0.15) is 32.6 Å². The van der Waals surface area contributed by atoms with E-state index in [1.165, 1.54) is 0 Å². The Morgan fingerprint density at radius 1 is 1.55 bits per heavy atom. The molecule has 2 atom stereocenters. The number of hydrogen-bond acceptors (Lipinski definition) is 3. The summed E-state index contributed by atoms with van der Waals surface area (Å²) in [6, 6.07) is 0.355. The van der Waals surface area contributed by atoms with Gasteiger partial charge in [0, 0.05) is 45.3 Å². The first-order chi connectivity index (χ1) is 9.70. The number of hydrogen-bond donors (Lipinski definition) is 2. The van der Waals surface area contributed by atoms with Crippen molar-refractivity contribution in [1.82, 2.24) is 15.5 Å². The van der Waals surface area contributed by atoms with Gasteiger partial charge in [0.2, 0.25) is 5.91 Å². The van der Waals surface area contributed by atoms with E-state index in [2.05, 4.69) is 15.5 Å². The minimum atomic E-state index is 0.205. The maximum absolute atomic E-state index is 11.4. The average molecular weight is 299 g/mol. The number of nitrogens with one attached hydrogen (secondary N) is 2. The van der Waals surface area contributed by atoms with Crippen LogP contribution in [0, 0.1) is 5.92 Å². The third-order valence-electron chi connectivity index (χ3n) is 4.06. The van der Waals surface area contributed by atoms with Crippen LogP contribution in [-0.4, -0.2) is 54.8 Å². The van der Waals surface area contributed by atoms with Crippen molar-refractivity contribution >= 4 is 23.2 Å². The van der Waals surface area contributed by atoms with Crippen LogP contribution in [0.2, 0.25) is 0 Å². The van der Waals surface area contributed by atoms with E-state index in [1.54, 1.807) is 0 Å². The molecular weight excluding hydrogens is 274 g/mol. The van der Waals surface area contributed by atoms with Crippen LogP contribution in [-0.2, 0) is 9.53 Å². The molecule has 0 aliphatic carbocycles. The fraction of sp³-hybridized carbons (Fsp3) is 0.857. The number of rotatable bonds is 5. The topological polar surface area (TPSA) is 53.6 Å². The lowest BCUT2D eigenvalue weighted by atomic mass is 9.85. The molecule has 1 amide bonds. The molecule has 2 aliphatic rings. The maximum atomic E-state index is 11.4. The Bertz CT molecular complexity index is 351. The molecule has 2 fully saturated rings. The Balaban J connectivity index is 1.68. The van der Waals surface area contributed by atoms with Crippen molar-refractivity contribution in [1.29, 1.82) is 0 Å². The van der Waals surface area contributed by atoms with E-state index in [-0.39, 0.29) is 5.91 Å². The predicted octanol–water partition coefficient (Wildman–Crippen LogP) is 0.888. The summed E-state index contributed by atoms with van der Waals surface area (Å²) < 4.78 is 5.30. The molecular formula is C14H25N3O2S. The fourth-order valence-electron chi connectivity index (χ4n) is 2.92. The molecule has 0 bridgehead atoms. The number of carbonyl (C=O) groups is 1. The van der Waals surface area contributed by atoms with Gasteiger partial charge < -0.3 is 20.3 Å². The van der Waals surface area contributed by atoms with Gasteiger partial charge in [-0.3, -0.25) is 4.79 Å². The molecule has 6 heteroatoms. The van der Waals surface area contributed by atoms with Gasteiger partial charge in [0.05, 0.1) is 0 Å². The largest absolute Gasteiger partial charge is 0.382 e. The van der Waals surface area contributed by atoms with Crippen LogP contribution >= 0.6 is 12.2 Å². The SMILES string of the molecule is CCOCCCNC(=S)N1CCC2NC(=O)CCC2C1. The molecule has 5 nitrogen and oxygen atoms in total. The van der Waals surface area contributed by atoms with E-state index >= 15 is 0 Å². The summed E-state index contributed by atoms with van der Waals surface area (Å²) in [5, 5.41) is 7.25. The van der Waals surface area contributed by atoms with E-state index in [9.17, 15) is 4.79 Å². The van der Waals surface area contributed by atoms with Gasteiger partial charge in [-0.25, -0.2) is 0 Å². The lowest BCUT2D eigenvalue weighted by molar-refractivity contribution is -0.125. The lowest BCUT2D eigenvalue weighted by Gasteiger charge is -2.42. The smallest absolute Gasteiger partial charge is 0.220 e. The molecule has 0 aromatic heterocycles. The van der Waals surface area contributed by atoms with Gasteiger partial charge >= 0.3 is 0 Å². The van der Waals surface area contributed by atoms with Crippen molar-refractivity contribution in [2.45, 2.75) is 38.6 Å². The summed E-state index contributed by atoms with van der Waals surface area (Å²) >= 11 is 5.46. The average Bonchev–Trinajstić information content (AvgIpc) is 2.46. The number of likely N-dealkylation sites (tertiary alicyclic amines) is 1. The summed E-state index contributed by atoms with van der Waals surface area (Å²) in [6.07, 6.45) is 3.62. The predicted molar refractivity (Wildman–Crippen MR) is 82.6 cm³/mol. The van der Waals surface area contributed by atoms with Crippen LogP contribution in [0.15, 0.2) is 0 Å². The highest BCUT2D eigenvalue weighted by Crippen LogP contribution is 2.25. The van der Waals surface area contributed by atoms with Crippen molar-refractivity contribution in [2.75, 3.05) is 32.8 Å². The summed E-state index contributed by atoms with van der Waals surface area (Å²) in [7, 11) is 0. The second-order valence-corrected chi connectivity index (χ2v) is 5.88. The van der Waals surface area contributed by atoms with Crippen molar-refractivity contribution in [3.8, 4) is 0 Å².